The summed E-state index contributed by atoms with van der Waals surface area (Å²) >= 11 is 3.47. The topological polar surface area (TPSA) is 76.7 Å². The fourth-order valence-electron chi connectivity index (χ4n) is 3.00. The van der Waals surface area contributed by atoms with E-state index in [9.17, 15) is 9.59 Å². The summed E-state index contributed by atoms with van der Waals surface area (Å²) in [5.41, 5.74) is 1.56. The smallest absolute Gasteiger partial charge is 0.255 e. The predicted octanol–water partition coefficient (Wildman–Crippen LogP) is 4.40. The molecule has 1 fully saturated rings. The molecular weight excluding hydrogens is 436 g/mol. The highest BCUT2D eigenvalue weighted by Crippen LogP contribution is 2.27. The zero-order valence-electron chi connectivity index (χ0n) is 16.4. The average molecular weight is 461 g/mol. The average Bonchev–Trinajstić information content (AvgIpc) is 3.25. The second-order valence-electron chi connectivity index (χ2n) is 6.88. The molecule has 2 amide bonds. The van der Waals surface area contributed by atoms with Crippen LogP contribution in [0, 0.1) is 0 Å². The minimum Gasteiger partial charge on any atom is -0.490 e. The van der Waals surface area contributed by atoms with Gasteiger partial charge in [0.2, 0.25) is 0 Å². The van der Waals surface area contributed by atoms with Crippen LogP contribution in [0.3, 0.4) is 0 Å². The molecule has 1 saturated heterocycles. The molecule has 1 unspecified atom stereocenters. The van der Waals surface area contributed by atoms with Gasteiger partial charge in [-0.3, -0.25) is 9.59 Å². The third kappa shape index (κ3) is 6.05. The molecule has 6 nitrogen and oxygen atoms in total. The number of carbonyl (C=O) groups is 2. The Morgan fingerprint density at radius 2 is 2.00 bits per heavy atom. The van der Waals surface area contributed by atoms with E-state index in [-0.39, 0.29) is 17.9 Å². The molecule has 1 atom stereocenters. The van der Waals surface area contributed by atoms with Crippen molar-refractivity contribution in [3.05, 3.63) is 58.1 Å². The summed E-state index contributed by atoms with van der Waals surface area (Å²) in [5, 5.41) is 5.66. The third-order valence-electron chi connectivity index (χ3n) is 4.56. The number of hydrogen-bond donors (Lipinski definition) is 2. The van der Waals surface area contributed by atoms with Crippen molar-refractivity contribution in [2.75, 3.05) is 25.1 Å². The molecule has 3 rings (SSSR count). The Kier molecular flexibility index (Phi) is 7.66. The number of anilines is 1. The number of benzene rings is 2. The SMILES string of the molecule is CCCNC(=O)c1cccc(NC(=O)c2ccc(OCC3CCCO3)c(Br)c2)c1. The van der Waals surface area contributed by atoms with Crippen molar-refractivity contribution in [2.24, 2.45) is 0 Å². The molecule has 2 aromatic carbocycles. The summed E-state index contributed by atoms with van der Waals surface area (Å²) in [6.45, 7) is 3.89. The Bertz CT molecular complexity index is 866. The Morgan fingerprint density at radius 3 is 2.72 bits per heavy atom. The first-order chi connectivity index (χ1) is 14.1. The van der Waals surface area contributed by atoms with Gasteiger partial charge in [-0.15, -0.1) is 0 Å². The third-order valence-corrected chi connectivity index (χ3v) is 5.18. The minimum absolute atomic E-state index is 0.131. The molecule has 1 aliphatic rings. The van der Waals surface area contributed by atoms with Crippen LogP contribution in [0.15, 0.2) is 46.9 Å². The highest BCUT2D eigenvalue weighted by Gasteiger charge is 2.17. The molecule has 1 aliphatic heterocycles. The zero-order valence-corrected chi connectivity index (χ0v) is 18.0. The van der Waals surface area contributed by atoms with Gasteiger partial charge in [0.1, 0.15) is 12.4 Å². The maximum absolute atomic E-state index is 12.6. The van der Waals surface area contributed by atoms with Crippen molar-refractivity contribution in [3.8, 4) is 5.75 Å². The van der Waals surface area contributed by atoms with E-state index in [2.05, 4.69) is 26.6 Å². The molecule has 2 aromatic rings. The summed E-state index contributed by atoms with van der Waals surface area (Å²) in [7, 11) is 0. The zero-order chi connectivity index (χ0) is 20.6. The molecule has 0 aliphatic carbocycles. The Hall–Kier alpha value is -2.38. The van der Waals surface area contributed by atoms with Crippen molar-refractivity contribution in [2.45, 2.75) is 32.3 Å². The van der Waals surface area contributed by atoms with E-state index < -0.39 is 0 Å². The molecule has 0 radical (unpaired) electrons. The van der Waals surface area contributed by atoms with E-state index in [4.69, 9.17) is 9.47 Å². The van der Waals surface area contributed by atoms with Gasteiger partial charge >= 0.3 is 0 Å². The maximum Gasteiger partial charge on any atom is 0.255 e. The van der Waals surface area contributed by atoms with Crippen LogP contribution in [0.2, 0.25) is 0 Å². The Labute approximate surface area is 179 Å². The largest absolute Gasteiger partial charge is 0.490 e. The first kappa shape index (κ1) is 21.3. The standard InChI is InChI=1S/C22H25BrN2O4/c1-2-10-24-21(26)15-5-3-6-17(12-15)25-22(27)16-8-9-20(19(23)13-16)29-14-18-7-4-11-28-18/h3,5-6,8-9,12-13,18H,2,4,7,10-11,14H2,1H3,(H,24,26)(H,25,27). The van der Waals surface area contributed by atoms with Gasteiger partial charge in [-0.2, -0.15) is 0 Å². The van der Waals surface area contributed by atoms with E-state index in [0.717, 1.165) is 25.9 Å². The number of halogens is 1. The number of carbonyl (C=O) groups excluding carboxylic acids is 2. The maximum atomic E-state index is 12.6. The molecule has 1 heterocycles. The quantitative estimate of drug-likeness (QED) is 0.611. The van der Waals surface area contributed by atoms with Crippen LogP contribution >= 0.6 is 15.9 Å². The fraction of sp³-hybridized carbons (Fsp3) is 0.364. The van der Waals surface area contributed by atoms with Gasteiger partial charge in [-0.25, -0.2) is 0 Å². The summed E-state index contributed by atoms with van der Waals surface area (Å²) in [6.07, 6.45) is 3.07. The van der Waals surface area contributed by atoms with Gasteiger partial charge in [-0.1, -0.05) is 13.0 Å². The molecule has 0 aromatic heterocycles. The number of nitrogens with one attached hydrogen (secondary N) is 2. The summed E-state index contributed by atoms with van der Waals surface area (Å²) in [4.78, 5) is 24.7. The molecular formula is C22H25BrN2O4. The van der Waals surface area contributed by atoms with E-state index in [1.807, 2.05) is 6.92 Å². The number of rotatable bonds is 8. The van der Waals surface area contributed by atoms with Gasteiger partial charge in [-0.05, 0) is 71.6 Å². The van der Waals surface area contributed by atoms with Gasteiger partial charge in [0.25, 0.3) is 11.8 Å². The van der Waals surface area contributed by atoms with E-state index in [1.54, 1.807) is 42.5 Å². The lowest BCUT2D eigenvalue weighted by Crippen LogP contribution is -2.24. The van der Waals surface area contributed by atoms with Crippen molar-refractivity contribution >= 4 is 33.4 Å². The summed E-state index contributed by atoms with van der Waals surface area (Å²) < 4.78 is 12.1. The van der Waals surface area contributed by atoms with Crippen LogP contribution < -0.4 is 15.4 Å². The molecule has 0 bridgehead atoms. The second kappa shape index (κ2) is 10.4. The van der Waals surface area contributed by atoms with Crippen molar-refractivity contribution < 1.29 is 19.1 Å². The minimum atomic E-state index is -0.262. The Morgan fingerprint density at radius 1 is 1.17 bits per heavy atom. The van der Waals surface area contributed by atoms with E-state index in [1.165, 1.54) is 0 Å². The van der Waals surface area contributed by atoms with Gasteiger partial charge < -0.3 is 20.1 Å². The van der Waals surface area contributed by atoms with Gasteiger partial charge in [0.15, 0.2) is 0 Å². The lowest BCUT2D eigenvalue weighted by molar-refractivity contribution is 0.0677. The number of amides is 2. The molecule has 154 valence electrons. The van der Waals surface area contributed by atoms with Gasteiger partial charge in [0, 0.05) is 30.0 Å². The number of hydrogen-bond acceptors (Lipinski definition) is 4. The van der Waals surface area contributed by atoms with E-state index >= 15 is 0 Å². The van der Waals surface area contributed by atoms with Crippen molar-refractivity contribution in [3.63, 3.8) is 0 Å². The van der Waals surface area contributed by atoms with Crippen LogP contribution in [-0.2, 0) is 4.74 Å². The first-order valence-electron chi connectivity index (χ1n) is 9.80. The van der Waals surface area contributed by atoms with Crippen molar-refractivity contribution in [1.82, 2.24) is 5.32 Å². The molecule has 0 saturated carbocycles. The summed E-state index contributed by atoms with van der Waals surface area (Å²) in [6, 6.07) is 12.1. The van der Waals surface area contributed by atoms with Gasteiger partial charge in [0.05, 0.1) is 10.6 Å². The summed E-state index contributed by atoms with van der Waals surface area (Å²) in [5.74, 6) is 0.257. The van der Waals surface area contributed by atoms with Crippen LogP contribution in [-0.4, -0.2) is 37.7 Å². The molecule has 2 N–H and O–H groups in total. The first-order valence-corrected chi connectivity index (χ1v) is 10.6. The Balaban J connectivity index is 1.61. The predicted molar refractivity (Wildman–Crippen MR) is 116 cm³/mol. The van der Waals surface area contributed by atoms with Crippen LogP contribution in [0.4, 0.5) is 5.69 Å². The molecule has 7 heteroatoms. The van der Waals surface area contributed by atoms with Crippen LogP contribution in [0.5, 0.6) is 5.75 Å². The lowest BCUT2D eigenvalue weighted by atomic mass is 10.1. The number of ether oxygens (including phenoxy) is 2. The fourth-order valence-corrected chi connectivity index (χ4v) is 3.49. The van der Waals surface area contributed by atoms with Crippen molar-refractivity contribution in [1.29, 1.82) is 0 Å². The normalized spacial score (nSPS) is 15.7. The second-order valence-corrected chi connectivity index (χ2v) is 7.74. The van der Waals surface area contributed by atoms with Crippen LogP contribution in [0.25, 0.3) is 0 Å². The lowest BCUT2D eigenvalue weighted by Gasteiger charge is -2.13. The molecule has 29 heavy (non-hydrogen) atoms. The highest BCUT2D eigenvalue weighted by molar-refractivity contribution is 9.10. The van der Waals surface area contributed by atoms with E-state index in [0.29, 0.717) is 40.2 Å². The van der Waals surface area contributed by atoms with Crippen LogP contribution in [0.1, 0.15) is 46.9 Å². The highest BCUT2D eigenvalue weighted by atomic mass is 79.9. The monoisotopic (exact) mass is 460 g/mol. The molecule has 0 spiro atoms.